The topological polar surface area (TPSA) is 115 Å². The molecule has 0 saturated carbocycles. The fourth-order valence-electron chi connectivity index (χ4n) is 7.02. The number of hydrogen-bond acceptors (Lipinski definition) is 8. The summed E-state index contributed by atoms with van der Waals surface area (Å²) in [6, 6.07) is 28.7. The molecule has 4 aromatic rings. The average Bonchev–Trinajstić information content (AvgIpc) is 3.89. The number of carbonyl (C=O) groups is 2. The van der Waals surface area contributed by atoms with E-state index in [0.717, 1.165) is 30.8 Å². The molecule has 2 aliphatic carbocycles. The van der Waals surface area contributed by atoms with Gasteiger partial charge in [-0.05, 0) is 88.7 Å². The number of fused-ring (bicyclic) bond motifs is 6. The first kappa shape index (κ1) is 43.7. The van der Waals surface area contributed by atoms with Gasteiger partial charge in [0.1, 0.15) is 12.3 Å². The number of Topliss-reactive ketones (excluding diaryl/α,β-unsaturated/α-hetero) is 2. The van der Waals surface area contributed by atoms with Gasteiger partial charge in [-0.15, -0.1) is 17.3 Å². The van der Waals surface area contributed by atoms with Crippen molar-refractivity contribution in [3.05, 3.63) is 123 Å². The molecule has 1 heterocycles. The van der Waals surface area contributed by atoms with Gasteiger partial charge in [0.15, 0.2) is 11.1 Å². The van der Waals surface area contributed by atoms with Gasteiger partial charge in [0.25, 0.3) is 0 Å². The van der Waals surface area contributed by atoms with Crippen LogP contribution in [0.1, 0.15) is 124 Å². The van der Waals surface area contributed by atoms with Crippen LogP contribution in [-0.2, 0) is 20.4 Å². The van der Waals surface area contributed by atoms with Gasteiger partial charge in [0.05, 0.1) is 0 Å². The first-order valence-corrected chi connectivity index (χ1v) is 18.6. The summed E-state index contributed by atoms with van der Waals surface area (Å²) >= 11 is 0. The molecule has 3 aliphatic rings. The van der Waals surface area contributed by atoms with Gasteiger partial charge in [0, 0.05) is 41.6 Å². The Morgan fingerprint density at radius 2 is 1.22 bits per heavy atom. The zero-order valence-corrected chi connectivity index (χ0v) is 33.7. The molecule has 1 fully saturated rings. The molecule has 7 rings (SSSR count). The standard InChI is InChI=1S/C18H17NO2.C18H18O.C5H11NO2.C4H8O.ClH/c1-11(19-21)17(20)12-8-9-14-13-6-4-5-7-15(13)18(2,3)16(14)10-12;1-4-17(19)12-9-10-14-13-7-5-6-8-15(13)18(2,3)16(14)11-12;1-5(2)3-4-8-6-7;1-2-4-5-3-1;/h4-10,21H,1-3H3;5-11H,4H2,1-3H3;5H,3-4H2,1-2H3;1-4H2;1H/b19-11-;;;;. The van der Waals surface area contributed by atoms with Crippen molar-refractivity contribution in [2.45, 2.75) is 91.9 Å². The highest BCUT2D eigenvalue weighted by atomic mass is 35.5. The first-order chi connectivity index (χ1) is 25.3. The molecule has 0 aromatic heterocycles. The van der Waals surface area contributed by atoms with E-state index in [1.54, 1.807) is 6.07 Å². The SMILES string of the molecule is C/C(=N/O)C(=O)c1ccc2c(c1)C(C)(C)c1ccccc1-2.C1CCOC1.CC(C)CCON=O.CCC(=O)c1ccc2c(c1)C(C)(C)c1ccccc1-2.Cl. The maximum absolute atomic E-state index is 12.2. The molecule has 8 nitrogen and oxygen atoms in total. The molecule has 0 spiro atoms. The number of ether oxygens (including phenoxy) is 1. The number of carbonyl (C=O) groups excluding carboxylic acids is 2. The van der Waals surface area contributed by atoms with Gasteiger partial charge < -0.3 is 14.8 Å². The fourth-order valence-corrected chi connectivity index (χ4v) is 7.02. The number of hydrogen-bond donors (Lipinski definition) is 1. The molecule has 0 amide bonds. The summed E-state index contributed by atoms with van der Waals surface area (Å²) in [4.78, 5) is 37.6. The Kier molecular flexibility index (Phi) is 15.9. The second kappa shape index (κ2) is 19.6. The second-order valence-corrected chi connectivity index (χ2v) is 15.1. The highest BCUT2D eigenvalue weighted by Crippen LogP contribution is 2.49. The predicted octanol–water partition coefficient (Wildman–Crippen LogP) is 11.6. The Morgan fingerprint density at radius 1 is 0.759 bits per heavy atom. The van der Waals surface area contributed by atoms with Crippen LogP contribution in [0.2, 0.25) is 0 Å². The molecule has 1 N–H and O–H groups in total. The summed E-state index contributed by atoms with van der Waals surface area (Å²) in [6.07, 6.45) is 4.01. The molecular weight excluding hydrogens is 700 g/mol. The lowest BCUT2D eigenvalue weighted by molar-refractivity contribution is 0.0987. The number of nitrogens with zero attached hydrogens (tertiary/aromatic N) is 2. The lowest BCUT2D eigenvalue weighted by atomic mass is 9.81. The van der Waals surface area contributed by atoms with Gasteiger partial charge >= 0.3 is 0 Å². The normalized spacial score (nSPS) is 14.9. The summed E-state index contributed by atoms with van der Waals surface area (Å²) in [6.45, 7) is 18.8. The van der Waals surface area contributed by atoms with Crippen molar-refractivity contribution in [2.75, 3.05) is 19.8 Å². The van der Waals surface area contributed by atoms with Crippen LogP contribution < -0.4 is 0 Å². The highest BCUT2D eigenvalue weighted by Gasteiger charge is 2.36. The number of benzene rings is 4. The first-order valence-electron chi connectivity index (χ1n) is 18.6. The maximum atomic E-state index is 12.2. The van der Waals surface area contributed by atoms with Crippen LogP contribution in [0.5, 0.6) is 0 Å². The minimum atomic E-state index is -0.243. The fraction of sp³-hybridized carbons (Fsp3) is 0.400. The van der Waals surface area contributed by atoms with Crippen molar-refractivity contribution in [3.63, 3.8) is 0 Å². The Balaban J connectivity index is 0.000000217. The summed E-state index contributed by atoms with van der Waals surface area (Å²) in [5.41, 5.74) is 11.4. The number of ketones is 2. The van der Waals surface area contributed by atoms with E-state index in [-0.39, 0.29) is 40.5 Å². The summed E-state index contributed by atoms with van der Waals surface area (Å²) in [5, 5.41) is 14.0. The highest BCUT2D eigenvalue weighted by molar-refractivity contribution is 6.45. The largest absolute Gasteiger partial charge is 0.411 e. The average molecular weight is 755 g/mol. The molecule has 9 heteroatoms. The zero-order valence-electron chi connectivity index (χ0n) is 32.9. The zero-order chi connectivity index (χ0) is 38.8. The second-order valence-electron chi connectivity index (χ2n) is 15.1. The van der Waals surface area contributed by atoms with Crippen LogP contribution >= 0.6 is 12.4 Å². The van der Waals surface area contributed by atoms with Gasteiger partial charge in [0.2, 0.25) is 5.78 Å². The quantitative estimate of drug-likeness (QED) is 0.0478. The van der Waals surface area contributed by atoms with Gasteiger partial charge in [-0.3, -0.25) is 9.59 Å². The number of halogens is 1. The summed E-state index contributed by atoms with van der Waals surface area (Å²) < 4.78 is 4.94. The molecule has 288 valence electrons. The van der Waals surface area contributed by atoms with Crippen LogP contribution in [0.25, 0.3) is 22.3 Å². The molecule has 54 heavy (non-hydrogen) atoms. The molecule has 1 saturated heterocycles. The van der Waals surface area contributed by atoms with E-state index in [0.29, 0.717) is 24.5 Å². The van der Waals surface area contributed by atoms with Gasteiger partial charge in [-0.1, -0.05) is 126 Å². The van der Waals surface area contributed by atoms with Gasteiger partial charge in [-0.2, -0.15) is 0 Å². The van der Waals surface area contributed by atoms with Crippen molar-refractivity contribution in [2.24, 2.45) is 16.4 Å². The van der Waals surface area contributed by atoms with Crippen LogP contribution in [0, 0.1) is 10.8 Å². The Hall–Kier alpha value is -4.66. The van der Waals surface area contributed by atoms with E-state index < -0.39 is 0 Å². The summed E-state index contributed by atoms with van der Waals surface area (Å²) in [7, 11) is 0. The van der Waals surface area contributed by atoms with Crippen molar-refractivity contribution >= 4 is 29.7 Å². The van der Waals surface area contributed by atoms with Crippen molar-refractivity contribution < 1.29 is 24.4 Å². The van der Waals surface area contributed by atoms with Crippen LogP contribution in [0.4, 0.5) is 0 Å². The van der Waals surface area contributed by atoms with E-state index in [4.69, 9.17) is 9.94 Å². The molecule has 0 radical (unpaired) electrons. The van der Waals surface area contributed by atoms with E-state index in [9.17, 15) is 14.5 Å². The van der Waals surface area contributed by atoms with Gasteiger partial charge in [-0.25, -0.2) is 0 Å². The third kappa shape index (κ3) is 9.90. The Labute approximate surface area is 326 Å². The Bertz CT molecular complexity index is 1940. The van der Waals surface area contributed by atoms with E-state index in [1.807, 2.05) is 37.3 Å². The van der Waals surface area contributed by atoms with Crippen LogP contribution in [-0.4, -0.2) is 42.3 Å². The molecule has 4 aromatic carbocycles. The minimum Gasteiger partial charge on any atom is -0.411 e. The van der Waals surface area contributed by atoms with E-state index >= 15 is 0 Å². The lowest BCUT2D eigenvalue weighted by Gasteiger charge is -2.21. The van der Waals surface area contributed by atoms with E-state index in [2.05, 4.69) is 105 Å². The third-order valence-corrected chi connectivity index (χ3v) is 10.2. The Morgan fingerprint density at radius 3 is 1.65 bits per heavy atom. The summed E-state index contributed by atoms with van der Waals surface area (Å²) in [5.74, 6) is 0.554. The molecular formula is C45H55ClN2O6. The smallest absolute Gasteiger partial charge is 0.210 e. The number of oxime groups is 1. The molecule has 0 bridgehead atoms. The van der Waals surface area contributed by atoms with Crippen LogP contribution in [0.15, 0.2) is 95.4 Å². The van der Waals surface area contributed by atoms with Crippen LogP contribution in [0.3, 0.4) is 0 Å². The predicted molar refractivity (Wildman–Crippen MR) is 220 cm³/mol. The van der Waals surface area contributed by atoms with Crippen molar-refractivity contribution in [3.8, 4) is 22.3 Å². The lowest BCUT2D eigenvalue weighted by Crippen LogP contribution is -2.17. The molecule has 1 aliphatic heterocycles. The molecule has 0 unspecified atom stereocenters. The molecule has 0 atom stereocenters. The monoisotopic (exact) mass is 754 g/mol. The van der Waals surface area contributed by atoms with Crippen molar-refractivity contribution in [1.82, 2.24) is 0 Å². The minimum absolute atomic E-state index is 0. The van der Waals surface area contributed by atoms with E-state index in [1.165, 1.54) is 58.7 Å². The number of rotatable bonds is 8. The van der Waals surface area contributed by atoms with Crippen molar-refractivity contribution in [1.29, 1.82) is 0 Å². The third-order valence-electron chi connectivity index (χ3n) is 10.2. The maximum Gasteiger partial charge on any atom is 0.210 e.